The molecule has 0 spiro atoms. The number of aromatic nitrogens is 2. The molecule has 150 valence electrons. The van der Waals surface area contributed by atoms with Gasteiger partial charge in [-0.2, -0.15) is 0 Å². The summed E-state index contributed by atoms with van der Waals surface area (Å²) in [5, 5.41) is 6.75. The summed E-state index contributed by atoms with van der Waals surface area (Å²) in [7, 11) is 3.97. The molecular formula is C22H31N5O. The van der Waals surface area contributed by atoms with Crippen molar-refractivity contribution in [3.8, 4) is 0 Å². The number of amides is 1. The van der Waals surface area contributed by atoms with Gasteiger partial charge in [0.2, 0.25) is 5.91 Å². The molecule has 6 nitrogen and oxygen atoms in total. The normalized spacial score (nSPS) is 19.1. The van der Waals surface area contributed by atoms with Gasteiger partial charge >= 0.3 is 0 Å². The highest BCUT2D eigenvalue weighted by Crippen LogP contribution is 2.23. The average molecular weight is 382 g/mol. The SMILES string of the molecule is Cc1nc(NC2CCC(NC(=O)CCc3ccccc3)CC2)cc(N(C)C)n1. The van der Waals surface area contributed by atoms with Crippen LogP contribution in [-0.2, 0) is 11.2 Å². The average Bonchev–Trinajstić information content (AvgIpc) is 2.68. The third-order valence-corrected chi connectivity index (χ3v) is 5.21. The molecule has 1 aromatic carbocycles. The van der Waals surface area contributed by atoms with E-state index < -0.39 is 0 Å². The second-order valence-corrected chi connectivity index (χ2v) is 7.80. The molecule has 6 heteroatoms. The maximum absolute atomic E-state index is 12.2. The summed E-state index contributed by atoms with van der Waals surface area (Å²) in [5.41, 5.74) is 1.21. The Morgan fingerprint density at radius 1 is 1.07 bits per heavy atom. The van der Waals surface area contributed by atoms with Gasteiger partial charge < -0.3 is 15.5 Å². The van der Waals surface area contributed by atoms with Crippen molar-refractivity contribution in [1.29, 1.82) is 0 Å². The molecule has 0 aliphatic heterocycles. The fraction of sp³-hybridized carbons (Fsp3) is 0.500. The van der Waals surface area contributed by atoms with Crippen LogP contribution in [0.5, 0.6) is 0 Å². The lowest BCUT2D eigenvalue weighted by Gasteiger charge is -2.30. The fourth-order valence-electron chi connectivity index (χ4n) is 3.65. The molecule has 0 atom stereocenters. The lowest BCUT2D eigenvalue weighted by atomic mass is 9.91. The van der Waals surface area contributed by atoms with Crippen molar-refractivity contribution in [3.63, 3.8) is 0 Å². The van der Waals surface area contributed by atoms with Gasteiger partial charge in [0, 0.05) is 38.7 Å². The van der Waals surface area contributed by atoms with Crippen LogP contribution >= 0.6 is 0 Å². The van der Waals surface area contributed by atoms with Crippen molar-refractivity contribution in [2.45, 2.75) is 57.5 Å². The second kappa shape index (κ2) is 9.53. The third-order valence-electron chi connectivity index (χ3n) is 5.21. The van der Waals surface area contributed by atoms with E-state index in [0.29, 0.717) is 12.5 Å². The monoisotopic (exact) mass is 381 g/mol. The zero-order valence-corrected chi connectivity index (χ0v) is 17.1. The van der Waals surface area contributed by atoms with Gasteiger partial charge in [-0.3, -0.25) is 4.79 Å². The Morgan fingerprint density at radius 3 is 2.43 bits per heavy atom. The summed E-state index contributed by atoms with van der Waals surface area (Å²) in [6.45, 7) is 1.92. The van der Waals surface area contributed by atoms with Crippen molar-refractivity contribution < 1.29 is 4.79 Å². The number of anilines is 2. The van der Waals surface area contributed by atoms with Crippen LogP contribution in [0.2, 0.25) is 0 Å². The van der Waals surface area contributed by atoms with E-state index in [4.69, 9.17) is 0 Å². The van der Waals surface area contributed by atoms with Crippen molar-refractivity contribution in [1.82, 2.24) is 15.3 Å². The Kier molecular flexibility index (Phi) is 6.85. The minimum absolute atomic E-state index is 0.155. The van der Waals surface area contributed by atoms with E-state index in [2.05, 4.69) is 32.7 Å². The van der Waals surface area contributed by atoms with Crippen molar-refractivity contribution in [3.05, 3.63) is 47.8 Å². The predicted molar refractivity (Wildman–Crippen MR) is 114 cm³/mol. The minimum Gasteiger partial charge on any atom is -0.367 e. The van der Waals surface area contributed by atoms with Gasteiger partial charge in [-0.1, -0.05) is 30.3 Å². The molecule has 1 aliphatic carbocycles. The van der Waals surface area contributed by atoms with Crippen LogP contribution < -0.4 is 15.5 Å². The molecule has 1 saturated carbocycles. The summed E-state index contributed by atoms with van der Waals surface area (Å²) in [6.07, 6.45) is 5.41. The highest BCUT2D eigenvalue weighted by atomic mass is 16.1. The molecule has 2 N–H and O–H groups in total. The van der Waals surface area contributed by atoms with E-state index >= 15 is 0 Å². The summed E-state index contributed by atoms with van der Waals surface area (Å²) < 4.78 is 0. The zero-order valence-electron chi connectivity index (χ0n) is 17.1. The number of aryl methyl sites for hydroxylation is 2. The van der Waals surface area contributed by atoms with Crippen molar-refractivity contribution in [2.75, 3.05) is 24.3 Å². The first kappa shape index (κ1) is 20.1. The van der Waals surface area contributed by atoms with E-state index in [1.165, 1.54) is 5.56 Å². The maximum atomic E-state index is 12.2. The first-order valence-electron chi connectivity index (χ1n) is 10.1. The first-order valence-corrected chi connectivity index (χ1v) is 10.1. The van der Waals surface area contributed by atoms with Gasteiger partial charge in [-0.15, -0.1) is 0 Å². The van der Waals surface area contributed by atoms with Crippen LogP contribution in [-0.4, -0.2) is 42.1 Å². The molecule has 1 aromatic heterocycles. The van der Waals surface area contributed by atoms with Crippen LogP contribution in [0.15, 0.2) is 36.4 Å². The van der Waals surface area contributed by atoms with E-state index in [1.807, 2.05) is 50.2 Å². The number of benzene rings is 1. The lowest BCUT2D eigenvalue weighted by Crippen LogP contribution is -2.40. The van der Waals surface area contributed by atoms with E-state index in [9.17, 15) is 4.79 Å². The largest absolute Gasteiger partial charge is 0.367 e. The predicted octanol–water partition coefficient (Wildman–Crippen LogP) is 3.32. The first-order chi connectivity index (χ1) is 13.5. The zero-order chi connectivity index (χ0) is 19.9. The van der Waals surface area contributed by atoms with Crippen LogP contribution in [0.3, 0.4) is 0 Å². The highest BCUT2D eigenvalue weighted by molar-refractivity contribution is 5.76. The summed E-state index contributed by atoms with van der Waals surface area (Å²) in [4.78, 5) is 23.2. The molecular weight excluding hydrogens is 350 g/mol. The topological polar surface area (TPSA) is 70.2 Å². The van der Waals surface area contributed by atoms with Gasteiger partial charge in [0.05, 0.1) is 0 Å². The van der Waals surface area contributed by atoms with Gasteiger partial charge in [-0.05, 0) is 44.6 Å². The quantitative estimate of drug-likeness (QED) is 0.770. The molecule has 1 amide bonds. The summed E-state index contributed by atoms with van der Waals surface area (Å²) in [6, 6.07) is 12.8. The van der Waals surface area contributed by atoms with Gasteiger partial charge in [-0.25, -0.2) is 9.97 Å². The molecule has 28 heavy (non-hydrogen) atoms. The third kappa shape index (κ3) is 5.94. The minimum atomic E-state index is 0.155. The molecule has 1 aliphatic rings. The van der Waals surface area contributed by atoms with Crippen LogP contribution in [0.25, 0.3) is 0 Å². The Labute approximate surface area is 167 Å². The van der Waals surface area contributed by atoms with E-state index in [1.54, 1.807) is 0 Å². The molecule has 2 aromatic rings. The van der Waals surface area contributed by atoms with E-state index in [-0.39, 0.29) is 11.9 Å². The molecule has 0 radical (unpaired) electrons. The van der Waals surface area contributed by atoms with Gasteiger partial charge in [0.1, 0.15) is 17.5 Å². The smallest absolute Gasteiger partial charge is 0.220 e. The standard InChI is InChI=1S/C22H31N5O/c1-16-23-20(15-21(24-16)27(2)3)25-18-10-12-19(13-11-18)26-22(28)14-9-17-7-5-4-6-8-17/h4-8,15,18-19H,9-14H2,1-3H3,(H,26,28)(H,23,24,25). The number of carbonyl (C=O) groups excluding carboxylic acids is 1. The number of hydrogen-bond donors (Lipinski definition) is 2. The summed E-state index contributed by atoms with van der Waals surface area (Å²) >= 11 is 0. The van der Waals surface area contributed by atoms with Crippen molar-refractivity contribution >= 4 is 17.5 Å². The summed E-state index contributed by atoms with van der Waals surface area (Å²) in [5.74, 6) is 2.72. The Hall–Kier alpha value is -2.63. The molecule has 0 bridgehead atoms. The Bertz CT molecular complexity index is 770. The van der Waals surface area contributed by atoms with E-state index in [0.717, 1.165) is 49.6 Å². The molecule has 0 unspecified atom stereocenters. The Balaban J connectivity index is 1.42. The number of carbonyl (C=O) groups is 1. The molecule has 1 heterocycles. The van der Waals surface area contributed by atoms with Crippen LogP contribution in [0.1, 0.15) is 43.5 Å². The number of nitrogens with zero attached hydrogens (tertiary/aromatic N) is 3. The molecule has 3 rings (SSSR count). The fourth-order valence-corrected chi connectivity index (χ4v) is 3.65. The second-order valence-electron chi connectivity index (χ2n) is 7.80. The van der Waals surface area contributed by atoms with Gasteiger partial charge in [0.15, 0.2) is 0 Å². The molecule has 0 saturated heterocycles. The lowest BCUT2D eigenvalue weighted by molar-refractivity contribution is -0.122. The number of nitrogens with one attached hydrogen (secondary N) is 2. The maximum Gasteiger partial charge on any atom is 0.220 e. The highest BCUT2D eigenvalue weighted by Gasteiger charge is 2.22. The van der Waals surface area contributed by atoms with Crippen molar-refractivity contribution in [2.24, 2.45) is 0 Å². The van der Waals surface area contributed by atoms with Crippen LogP contribution in [0, 0.1) is 6.92 Å². The number of rotatable bonds is 7. The van der Waals surface area contributed by atoms with Gasteiger partial charge in [0.25, 0.3) is 0 Å². The Morgan fingerprint density at radius 2 is 1.75 bits per heavy atom. The molecule has 1 fully saturated rings. The number of hydrogen-bond acceptors (Lipinski definition) is 5. The van der Waals surface area contributed by atoms with Crippen LogP contribution in [0.4, 0.5) is 11.6 Å².